The van der Waals surface area contributed by atoms with Crippen molar-refractivity contribution in [3.63, 3.8) is 0 Å². The van der Waals surface area contributed by atoms with Crippen LogP contribution in [0, 0.1) is 34.5 Å². The number of rotatable bonds is 8. The van der Waals surface area contributed by atoms with E-state index in [-0.39, 0.29) is 12.0 Å². The minimum Gasteiger partial charge on any atom is -0.397 e. The van der Waals surface area contributed by atoms with Gasteiger partial charge in [-0.3, -0.25) is 0 Å². The molecule has 0 radical (unpaired) electrons. The third-order valence-corrected chi connectivity index (χ3v) is 6.43. The van der Waals surface area contributed by atoms with E-state index in [9.17, 15) is 22.0 Å². The fourth-order valence-corrected chi connectivity index (χ4v) is 4.40. The Kier molecular flexibility index (Phi) is 9.04. The van der Waals surface area contributed by atoms with Gasteiger partial charge in [0.2, 0.25) is 5.82 Å². The lowest BCUT2D eigenvalue weighted by Crippen LogP contribution is -2.35. The van der Waals surface area contributed by atoms with Gasteiger partial charge in [-0.05, 0) is 48.4 Å². The SMILES string of the molecule is C/C=C1C=C(/C=C/c2ccc(N(C)CCN(N)/C=C(\N)c3c(F)c(F)c(F)c(F)c3F)cc2)CC(C)(C)C/1. The molecule has 0 saturated carbocycles. The second-order valence-corrected chi connectivity index (χ2v) is 10.2. The molecule has 0 aromatic heterocycles. The molecule has 1 aliphatic carbocycles. The fourth-order valence-electron chi connectivity index (χ4n) is 4.40. The van der Waals surface area contributed by atoms with Crippen LogP contribution in [-0.2, 0) is 0 Å². The van der Waals surface area contributed by atoms with Crippen molar-refractivity contribution in [2.75, 3.05) is 25.0 Å². The molecule has 0 amide bonds. The average molecular weight is 533 g/mol. The molecule has 0 spiro atoms. The Balaban J connectivity index is 1.62. The molecule has 4 N–H and O–H groups in total. The van der Waals surface area contributed by atoms with Crippen molar-refractivity contribution >= 4 is 17.5 Å². The minimum absolute atomic E-state index is 0.158. The van der Waals surface area contributed by atoms with E-state index in [1.807, 2.05) is 36.2 Å². The number of hydrazine groups is 1. The van der Waals surface area contributed by atoms with Crippen LogP contribution < -0.4 is 16.5 Å². The van der Waals surface area contributed by atoms with Gasteiger partial charge in [0, 0.05) is 25.5 Å². The van der Waals surface area contributed by atoms with E-state index in [1.165, 1.54) is 11.1 Å². The number of hydrogen-bond donors (Lipinski definition) is 2. The topological polar surface area (TPSA) is 58.5 Å². The van der Waals surface area contributed by atoms with Gasteiger partial charge < -0.3 is 15.6 Å². The highest BCUT2D eigenvalue weighted by Gasteiger charge is 2.27. The molecule has 2 aromatic rings. The van der Waals surface area contributed by atoms with E-state index in [1.54, 1.807) is 0 Å². The van der Waals surface area contributed by atoms with Gasteiger partial charge >= 0.3 is 0 Å². The van der Waals surface area contributed by atoms with Gasteiger partial charge in [0.15, 0.2) is 23.3 Å². The van der Waals surface area contributed by atoms with Crippen LogP contribution in [0.1, 0.15) is 44.7 Å². The molecule has 0 bridgehead atoms. The van der Waals surface area contributed by atoms with Crippen molar-refractivity contribution in [1.29, 1.82) is 0 Å². The summed E-state index contributed by atoms with van der Waals surface area (Å²) in [6.45, 7) is 7.15. The van der Waals surface area contributed by atoms with E-state index in [4.69, 9.17) is 11.6 Å². The molecule has 204 valence electrons. The Hall–Kier alpha value is -3.59. The Labute approximate surface area is 220 Å². The van der Waals surface area contributed by atoms with E-state index in [2.05, 4.69) is 45.1 Å². The predicted molar refractivity (Wildman–Crippen MR) is 143 cm³/mol. The predicted octanol–water partition coefficient (Wildman–Crippen LogP) is 6.66. The van der Waals surface area contributed by atoms with Gasteiger partial charge in [-0.1, -0.05) is 55.9 Å². The number of hydrogen-bond acceptors (Lipinski definition) is 4. The van der Waals surface area contributed by atoms with Crippen LogP contribution in [0.3, 0.4) is 0 Å². The summed E-state index contributed by atoms with van der Waals surface area (Å²) in [5.74, 6) is -4.57. The van der Waals surface area contributed by atoms with Gasteiger partial charge in [0.05, 0.1) is 17.8 Å². The molecular weight excluding hydrogens is 499 g/mol. The summed E-state index contributed by atoms with van der Waals surface area (Å²) < 4.78 is 68.2. The number of halogens is 5. The average Bonchev–Trinajstić information content (AvgIpc) is 2.87. The summed E-state index contributed by atoms with van der Waals surface area (Å²) in [7, 11) is 1.84. The maximum Gasteiger partial charge on any atom is 0.200 e. The molecule has 0 unspecified atom stereocenters. The number of nitrogens with zero attached hydrogens (tertiary/aromatic N) is 2. The molecule has 4 nitrogen and oxygen atoms in total. The third-order valence-electron chi connectivity index (χ3n) is 6.43. The first kappa shape index (κ1) is 29.0. The zero-order chi connectivity index (χ0) is 28.2. The fraction of sp³-hybridized carbons (Fsp3) is 0.310. The number of anilines is 1. The van der Waals surface area contributed by atoms with Crippen LogP contribution in [0.2, 0.25) is 0 Å². The molecule has 0 fully saturated rings. The molecule has 0 saturated heterocycles. The number of nitrogens with two attached hydrogens (primary N) is 2. The molecule has 2 aromatic carbocycles. The Bertz CT molecular complexity index is 1260. The van der Waals surface area contributed by atoms with Crippen molar-refractivity contribution in [3.05, 3.63) is 100 Å². The summed E-state index contributed by atoms with van der Waals surface area (Å²) in [5.41, 5.74) is 8.52. The first-order chi connectivity index (χ1) is 17.8. The lowest BCUT2D eigenvalue weighted by atomic mass is 9.75. The zero-order valence-electron chi connectivity index (χ0n) is 22.0. The quantitative estimate of drug-likeness (QED) is 0.131. The number of benzene rings is 2. The van der Waals surface area contributed by atoms with E-state index < -0.39 is 40.3 Å². The smallest absolute Gasteiger partial charge is 0.200 e. The molecule has 1 aliphatic rings. The standard InChI is InChI=1S/C29H33F5N4/c1-5-18-14-20(16-29(2,3)15-18)7-6-19-8-10-21(11-9-19)37(4)12-13-38(36)17-22(35)23-24(30)26(32)28(34)27(33)25(23)31/h5-11,14,17H,12-13,15-16,35-36H2,1-4H3/b7-6+,18-5-,22-17-. The Morgan fingerprint density at radius 1 is 0.895 bits per heavy atom. The van der Waals surface area contributed by atoms with Crippen LogP contribution in [0.25, 0.3) is 11.8 Å². The van der Waals surface area contributed by atoms with Crippen LogP contribution >= 0.6 is 0 Å². The summed E-state index contributed by atoms with van der Waals surface area (Å²) >= 11 is 0. The highest BCUT2D eigenvalue weighted by molar-refractivity contribution is 5.64. The lowest BCUT2D eigenvalue weighted by molar-refractivity contribution is 0.355. The molecule has 0 aliphatic heterocycles. The Morgan fingerprint density at radius 3 is 2.05 bits per heavy atom. The second-order valence-electron chi connectivity index (χ2n) is 10.2. The van der Waals surface area contributed by atoms with Crippen LogP contribution in [0.5, 0.6) is 0 Å². The van der Waals surface area contributed by atoms with E-state index in [0.717, 1.165) is 35.3 Å². The van der Waals surface area contributed by atoms with Crippen molar-refractivity contribution in [1.82, 2.24) is 5.01 Å². The first-order valence-electron chi connectivity index (χ1n) is 12.2. The second kappa shape index (κ2) is 11.9. The van der Waals surface area contributed by atoms with Crippen molar-refractivity contribution in [2.24, 2.45) is 17.0 Å². The summed E-state index contributed by atoms with van der Waals surface area (Å²) in [6, 6.07) is 7.90. The van der Waals surface area contributed by atoms with Crippen molar-refractivity contribution in [3.8, 4) is 0 Å². The highest BCUT2D eigenvalue weighted by Crippen LogP contribution is 2.38. The largest absolute Gasteiger partial charge is 0.397 e. The summed E-state index contributed by atoms with van der Waals surface area (Å²) in [4.78, 5) is 1.90. The van der Waals surface area contributed by atoms with Crippen molar-refractivity contribution in [2.45, 2.75) is 33.6 Å². The zero-order valence-corrected chi connectivity index (χ0v) is 22.0. The highest BCUT2D eigenvalue weighted by atomic mass is 19.2. The normalized spacial score (nSPS) is 16.7. The van der Waals surface area contributed by atoms with E-state index in [0.29, 0.717) is 6.54 Å². The van der Waals surface area contributed by atoms with Gasteiger partial charge in [-0.25, -0.2) is 27.8 Å². The summed E-state index contributed by atoms with van der Waals surface area (Å²) in [6.07, 6.45) is 11.7. The maximum atomic E-state index is 14.0. The van der Waals surface area contributed by atoms with Crippen LogP contribution in [0.4, 0.5) is 27.6 Å². The molecule has 9 heteroatoms. The number of allylic oxidation sites excluding steroid dienone is 5. The maximum absolute atomic E-state index is 14.0. The van der Waals surface area contributed by atoms with Gasteiger partial charge in [-0.2, -0.15) is 0 Å². The molecular formula is C29H33F5N4. The molecule has 0 atom stereocenters. The van der Waals surface area contributed by atoms with Crippen molar-refractivity contribution < 1.29 is 22.0 Å². The lowest BCUT2D eigenvalue weighted by Gasteiger charge is -2.30. The monoisotopic (exact) mass is 532 g/mol. The van der Waals surface area contributed by atoms with Crippen LogP contribution in [0.15, 0.2) is 59.8 Å². The molecule has 0 heterocycles. The van der Waals surface area contributed by atoms with E-state index >= 15 is 0 Å². The third kappa shape index (κ3) is 6.83. The molecule has 3 rings (SSSR count). The van der Waals surface area contributed by atoms with Gasteiger partial charge in [-0.15, -0.1) is 0 Å². The first-order valence-corrected chi connectivity index (χ1v) is 12.2. The minimum atomic E-state index is -2.25. The molecule has 38 heavy (non-hydrogen) atoms. The number of likely N-dealkylation sites (N-methyl/N-ethyl adjacent to an activating group) is 1. The van der Waals surface area contributed by atoms with Gasteiger partial charge in [0.1, 0.15) is 0 Å². The van der Waals surface area contributed by atoms with Crippen LogP contribution in [-0.4, -0.2) is 25.1 Å². The summed E-state index contributed by atoms with van der Waals surface area (Å²) in [5, 5.41) is 1.03. The Morgan fingerprint density at radius 2 is 1.47 bits per heavy atom. The van der Waals surface area contributed by atoms with Gasteiger partial charge in [0.25, 0.3) is 0 Å².